The molecule has 0 radical (unpaired) electrons. The fraction of sp³-hybridized carbons (Fsp3) is 0.619. The van der Waals surface area contributed by atoms with Crippen LogP contribution in [-0.4, -0.2) is 40.8 Å². The maximum Gasteiger partial charge on any atom is 0.407 e. The molecular formula is C21H31N3O3. The molecule has 148 valence electrons. The van der Waals surface area contributed by atoms with Crippen LogP contribution in [-0.2, 0) is 4.74 Å². The van der Waals surface area contributed by atoms with Crippen molar-refractivity contribution in [2.45, 2.75) is 83.5 Å². The molecule has 2 N–H and O–H groups in total. The Morgan fingerprint density at radius 1 is 1.07 bits per heavy atom. The molecule has 2 aliphatic heterocycles. The molecule has 2 unspecified atom stereocenters. The van der Waals surface area contributed by atoms with E-state index in [-0.39, 0.29) is 30.2 Å². The SMILES string of the molecule is Cc1ccc(NC(=O)N2C3CCCC2CC(NC(=O)OC(C)(C)C)C3)cc1. The Balaban J connectivity index is 1.61. The average molecular weight is 373 g/mol. The summed E-state index contributed by atoms with van der Waals surface area (Å²) in [5.74, 6) is 0. The number of fused-ring (bicyclic) bond motifs is 2. The first kappa shape index (κ1) is 19.5. The van der Waals surface area contributed by atoms with Crippen molar-refractivity contribution in [3.63, 3.8) is 0 Å². The molecule has 27 heavy (non-hydrogen) atoms. The molecule has 0 aromatic heterocycles. The fourth-order valence-electron chi connectivity index (χ4n) is 4.13. The summed E-state index contributed by atoms with van der Waals surface area (Å²) in [6, 6.07) is 8.18. The number of carbonyl (C=O) groups is 2. The van der Waals surface area contributed by atoms with Crippen molar-refractivity contribution >= 4 is 17.8 Å². The number of amides is 3. The predicted octanol–water partition coefficient (Wildman–Crippen LogP) is 4.44. The smallest absolute Gasteiger partial charge is 0.407 e. The van der Waals surface area contributed by atoms with Gasteiger partial charge in [-0.1, -0.05) is 17.7 Å². The molecule has 0 spiro atoms. The van der Waals surface area contributed by atoms with Gasteiger partial charge in [-0.25, -0.2) is 9.59 Å². The van der Waals surface area contributed by atoms with Crippen LogP contribution in [0.15, 0.2) is 24.3 Å². The average Bonchev–Trinajstić information content (AvgIpc) is 2.54. The molecule has 0 saturated carbocycles. The molecular weight excluding hydrogens is 342 g/mol. The summed E-state index contributed by atoms with van der Waals surface area (Å²) in [5, 5.41) is 6.03. The van der Waals surface area contributed by atoms with Gasteiger partial charge in [-0.2, -0.15) is 0 Å². The number of alkyl carbamates (subject to hydrolysis) is 1. The highest BCUT2D eigenvalue weighted by atomic mass is 16.6. The number of nitrogens with one attached hydrogen (secondary N) is 2. The van der Waals surface area contributed by atoms with E-state index >= 15 is 0 Å². The van der Waals surface area contributed by atoms with Gasteiger partial charge in [-0.15, -0.1) is 0 Å². The van der Waals surface area contributed by atoms with Gasteiger partial charge in [0, 0.05) is 23.8 Å². The van der Waals surface area contributed by atoms with E-state index in [2.05, 4.69) is 10.6 Å². The third-order valence-corrected chi connectivity index (χ3v) is 5.23. The van der Waals surface area contributed by atoms with Crippen molar-refractivity contribution in [3.8, 4) is 0 Å². The normalized spacial score (nSPS) is 24.9. The zero-order chi connectivity index (χ0) is 19.6. The molecule has 2 heterocycles. The minimum absolute atomic E-state index is 0.0377. The summed E-state index contributed by atoms with van der Waals surface area (Å²) >= 11 is 0. The van der Waals surface area contributed by atoms with Gasteiger partial charge in [-0.3, -0.25) is 0 Å². The molecule has 1 aromatic rings. The van der Waals surface area contributed by atoms with Crippen LogP contribution >= 0.6 is 0 Å². The molecule has 6 nitrogen and oxygen atoms in total. The van der Waals surface area contributed by atoms with Gasteiger partial charge in [0.25, 0.3) is 0 Å². The minimum Gasteiger partial charge on any atom is -0.444 e. The summed E-state index contributed by atoms with van der Waals surface area (Å²) in [5.41, 5.74) is 1.48. The lowest BCUT2D eigenvalue weighted by atomic mass is 9.82. The Hall–Kier alpha value is -2.24. The third-order valence-electron chi connectivity index (χ3n) is 5.23. The number of carbonyl (C=O) groups excluding carboxylic acids is 2. The molecule has 0 aliphatic carbocycles. The van der Waals surface area contributed by atoms with Crippen molar-refractivity contribution in [1.82, 2.24) is 10.2 Å². The van der Waals surface area contributed by atoms with Crippen LogP contribution in [0.2, 0.25) is 0 Å². The molecule has 2 aliphatic rings. The molecule has 6 heteroatoms. The lowest BCUT2D eigenvalue weighted by Gasteiger charge is -2.48. The largest absolute Gasteiger partial charge is 0.444 e. The summed E-state index contributed by atoms with van der Waals surface area (Å²) < 4.78 is 5.38. The van der Waals surface area contributed by atoms with E-state index in [4.69, 9.17) is 4.74 Å². The van der Waals surface area contributed by atoms with Gasteiger partial charge in [0.2, 0.25) is 0 Å². The Morgan fingerprint density at radius 3 is 2.22 bits per heavy atom. The van der Waals surface area contributed by atoms with E-state index in [9.17, 15) is 9.59 Å². The van der Waals surface area contributed by atoms with Crippen molar-refractivity contribution < 1.29 is 14.3 Å². The lowest BCUT2D eigenvalue weighted by molar-refractivity contribution is 0.0357. The van der Waals surface area contributed by atoms with Gasteiger partial charge >= 0.3 is 12.1 Å². The van der Waals surface area contributed by atoms with Crippen LogP contribution in [0.5, 0.6) is 0 Å². The summed E-state index contributed by atoms with van der Waals surface area (Å²) in [7, 11) is 0. The van der Waals surface area contributed by atoms with Crippen LogP contribution in [0.25, 0.3) is 0 Å². The number of hydrogen-bond donors (Lipinski definition) is 2. The molecule has 1 aromatic carbocycles. The molecule has 3 rings (SSSR count). The monoisotopic (exact) mass is 373 g/mol. The second-order valence-corrected chi connectivity index (χ2v) is 8.76. The summed E-state index contributed by atoms with van der Waals surface area (Å²) in [6.45, 7) is 7.61. The van der Waals surface area contributed by atoms with E-state index < -0.39 is 5.60 Å². The maximum atomic E-state index is 12.9. The molecule has 2 atom stereocenters. The Labute approximate surface area is 161 Å². The molecule has 2 fully saturated rings. The van der Waals surface area contributed by atoms with Crippen molar-refractivity contribution in [2.75, 3.05) is 5.32 Å². The first-order valence-electron chi connectivity index (χ1n) is 9.87. The Kier molecular flexibility index (Phi) is 5.63. The van der Waals surface area contributed by atoms with E-state index in [1.165, 1.54) is 5.56 Å². The number of rotatable bonds is 2. The number of benzene rings is 1. The Morgan fingerprint density at radius 2 is 1.67 bits per heavy atom. The van der Waals surface area contributed by atoms with Crippen LogP contribution in [0.4, 0.5) is 15.3 Å². The van der Waals surface area contributed by atoms with Crippen molar-refractivity contribution in [3.05, 3.63) is 29.8 Å². The fourth-order valence-corrected chi connectivity index (χ4v) is 4.13. The number of nitrogens with zero attached hydrogens (tertiary/aromatic N) is 1. The summed E-state index contributed by atoms with van der Waals surface area (Å²) in [4.78, 5) is 27.0. The topological polar surface area (TPSA) is 70.7 Å². The van der Waals surface area contributed by atoms with Gasteiger partial charge in [0.05, 0.1) is 0 Å². The van der Waals surface area contributed by atoms with Gasteiger partial charge < -0.3 is 20.3 Å². The molecule has 2 saturated heterocycles. The van der Waals surface area contributed by atoms with E-state index in [0.717, 1.165) is 37.8 Å². The number of anilines is 1. The second-order valence-electron chi connectivity index (χ2n) is 8.76. The van der Waals surface area contributed by atoms with Crippen molar-refractivity contribution in [1.29, 1.82) is 0 Å². The van der Waals surface area contributed by atoms with Crippen LogP contribution in [0, 0.1) is 6.92 Å². The lowest BCUT2D eigenvalue weighted by Crippen LogP contribution is -2.60. The quantitative estimate of drug-likeness (QED) is 0.805. The standard InChI is InChI=1S/C21H31N3O3/c1-14-8-10-15(11-9-14)22-19(25)24-17-6-5-7-18(24)13-16(12-17)23-20(26)27-21(2,3)4/h8-11,16-18H,5-7,12-13H2,1-4H3,(H,22,25)(H,23,26). The molecule has 2 bridgehead atoms. The number of piperidine rings is 2. The number of urea groups is 1. The maximum absolute atomic E-state index is 12.9. The highest BCUT2D eigenvalue weighted by Crippen LogP contribution is 2.34. The second kappa shape index (κ2) is 7.79. The first-order valence-corrected chi connectivity index (χ1v) is 9.87. The van der Waals surface area contributed by atoms with Gasteiger partial charge in [-0.05, 0) is 71.9 Å². The highest BCUT2D eigenvalue weighted by Gasteiger charge is 2.41. The van der Waals surface area contributed by atoms with Gasteiger partial charge in [0.1, 0.15) is 5.60 Å². The van der Waals surface area contributed by atoms with E-state index in [0.29, 0.717) is 0 Å². The number of aryl methyl sites for hydroxylation is 1. The first-order chi connectivity index (χ1) is 12.7. The minimum atomic E-state index is -0.505. The van der Waals surface area contributed by atoms with Crippen molar-refractivity contribution in [2.24, 2.45) is 0 Å². The van der Waals surface area contributed by atoms with Crippen LogP contribution < -0.4 is 10.6 Å². The van der Waals surface area contributed by atoms with Crippen LogP contribution in [0.1, 0.15) is 58.4 Å². The highest BCUT2D eigenvalue weighted by molar-refractivity contribution is 5.90. The predicted molar refractivity (Wildman–Crippen MR) is 106 cm³/mol. The zero-order valence-corrected chi connectivity index (χ0v) is 16.7. The zero-order valence-electron chi connectivity index (χ0n) is 16.7. The number of ether oxygens (including phenoxy) is 1. The number of hydrogen-bond acceptors (Lipinski definition) is 3. The Bertz CT molecular complexity index is 667. The van der Waals surface area contributed by atoms with E-state index in [1.54, 1.807) is 0 Å². The summed E-state index contributed by atoms with van der Waals surface area (Å²) in [6.07, 6.45) is 4.26. The van der Waals surface area contributed by atoms with E-state index in [1.807, 2.05) is 56.9 Å². The van der Waals surface area contributed by atoms with Gasteiger partial charge in [0.15, 0.2) is 0 Å². The molecule has 3 amide bonds. The third kappa shape index (κ3) is 5.15. The van der Waals surface area contributed by atoms with Crippen LogP contribution in [0.3, 0.4) is 0 Å².